The molecule has 1 fully saturated rings. The fourth-order valence-electron chi connectivity index (χ4n) is 2.42. The minimum Gasteiger partial charge on any atom is -0.490 e. The molecular weight excluding hydrogens is 252 g/mol. The predicted octanol–water partition coefficient (Wildman–Crippen LogP) is 1.36. The van der Waals surface area contributed by atoms with Crippen LogP contribution in [0.4, 0.5) is 0 Å². The summed E-state index contributed by atoms with van der Waals surface area (Å²) in [5.41, 5.74) is 1.31. The molecule has 0 aromatic heterocycles. The number of benzene rings is 1. The zero-order valence-electron chi connectivity index (χ0n) is 12.0. The van der Waals surface area contributed by atoms with E-state index in [1.807, 2.05) is 12.1 Å². The molecule has 1 aromatic carbocycles. The predicted molar refractivity (Wildman–Crippen MR) is 80.9 cm³/mol. The minimum atomic E-state index is 0.256. The van der Waals surface area contributed by atoms with Crippen molar-refractivity contribution in [3.63, 3.8) is 0 Å². The Morgan fingerprint density at radius 3 is 2.35 bits per heavy atom. The molecule has 0 atom stereocenters. The Hall–Kier alpha value is -1.36. The molecule has 0 radical (unpaired) electrons. The van der Waals surface area contributed by atoms with Gasteiger partial charge in [-0.15, -0.1) is 0 Å². The van der Waals surface area contributed by atoms with Crippen LogP contribution in [0.3, 0.4) is 0 Å². The summed E-state index contributed by atoms with van der Waals surface area (Å²) in [5.74, 6) is 0.890. The van der Waals surface area contributed by atoms with Crippen LogP contribution in [-0.4, -0.2) is 60.8 Å². The highest BCUT2D eigenvalue weighted by Crippen LogP contribution is 2.14. The van der Waals surface area contributed by atoms with Crippen LogP contribution in [0.5, 0.6) is 5.75 Å². The summed E-state index contributed by atoms with van der Waals surface area (Å²) < 4.78 is 5.48. The number of aliphatic hydroxyl groups excluding tert-OH is 1. The lowest BCUT2D eigenvalue weighted by molar-refractivity contribution is 0.108. The van der Waals surface area contributed by atoms with Gasteiger partial charge in [0.15, 0.2) is 0 Å². The van der Waals surface area contributed by atoms with E-state index in [2.05, 4.69) is 28.5 Å². The number of hydrogen-bond acceptors (Lipinski definition) is 4. The molecule has 4 heteroatoms. The average molecular weight is 276 g/mol. The first kappa shape index (κ1) is 15.0. The van der Waals surface area contributed by atoms with Gasteiger partial charge in [0.25, 0.3) is 0 Å². The molecule has 0 unspecified atom stereocenters. The number of β-amino-alcohol motifs (C(OH)–C–C–N with tert-alkyl or cyclic N) is 1. The molecule has 110 valence electrons. The van der Waals surface area contributed by atoms with E-state index in [1.165, 1.54) is 5.56 Å². The van der Waals surface area contributed by atoms with Crippen molar-refractivity contribution in [1.29, 1.82) is 0 Å². The number of aliphatic hydroxyl groups is 1. The first-order valence-corrected chi connectivity index (χ1v) is 7.20. The highest BCUT2D eigenvalue weighted by atomic mass is 16.5. The van der Waals surface area contributed by atoms with Crippen LogP contribution in [0, 0.1) is 0 Å². The van der Waals surface area contributed by atoms with Crippen LogP contribution in [-0.2, 0) is 6.54 Å². The van der Waals surface area contributed by atoms with Gasteiger partial charge >= 0.3 is 0 Å². The van der Waals surface area contributed by atoms with Crippen molar-refractivity contribution in [3.8, 4) is 5.75 Å². The number of piperazine rings is 1. The summed E-state index contributed by atoms with van der Waals surface area (Å²) in [4.78, 5) is 4.76. The van der Waals surface area contributed by atoms with Crippen LogP contribution in [0.25, 0.3) is 0 Å². The Labute approximate surface area is 121 Å². The molecule has 0 spiro atoms. The Kier molecular flexibility index (Phi) is 6.05. The molecule has 0 saturated carbocycles. The lowest BCUT2D eigenvalue weighted by Gasteiger charge is -2.34. The van der Waals surface area contributed by atoms with E-state index in [0.29, 0.717) is 6.61 Å². The van der Waals surface area contributed by atoms with E-state index in [4.69, 9.17) is 9.84 Å². The lowest BCUT2D eigenvalue weighted by Crippen LogP contribution is -2.46. The second kappa shape index (κ2) is 8.04. The van der Waals surface area contributed by atoms with Crippen LogP contribution < -0.4 is 4.74 Å². The molecule has 0 bridgehead atoms. The Bertz CT molecular complexity index is 397. The van der Waals surface area contributed by atoms with E-state index in [9.17, 15) is 0 Å². The maximum absolute atomic E-state index is 8.93. The van der Waals surface area contributed by atoms with Gasteiger partial charge in [-0.25, -0.2) is 0 Å². The summed E-state index contributed by atoms with van der Waals surface area (Å²) in [5, 5.41) is 8.93. The molecule has 1 heterocycles. The monoisotopic (exact) mass is 276 g/mol. The number of rotatable bonds is 7. The quantitative estimate of drug-likeness (QED) is 0.763. The molecule has 1 N–H and O–H groups in total. The molecule has 1 saturated heterocycles. The van der Waals surface area contributed by atoms with Gasteiger partial charge in [0.2, 0.25) is 0 Å². The van der Waals surface area contributed by atoms with Gasteiger partial charge in [0.05, 0.1) is 6.61 Å². The Morgan fingerprint density at radius 2 is 1.75 bits per heavy atom. The summed E-state index contributed by atoms with van der Waals surface area (Å²) in [7, 11) is 0. The highest BCUT2D eigenvalue weighted by Gasteiger charge is 2.16. The second-order valence-electron chi connectivity index (χ2n) is 5.09. The van der Waals surface area contributed by atoms with Crippen molar-refractivity contribution in [1.82, 2.24) is 9.80 Å². The van der Waals surface area contributed by atoms with Crippen LogP contribution in [0.1, 0.15) is 5.56 Å². The third-order valence-electron chi connectivity index (χ3n) is 3.58. The lowest BCUT2D eigenvalue weighted by atomic mass is 10.2. The third kappa shape index (κ3) is 4.63. The fourth-order valence-corrected chi connectivity index (χ4v) is 2.42. The van der Waals surface area contributed by atoms with E-state index < -0.39 is 0 Å². The highest BCUT2D eigenvalue weighted by molar-refractivity contribution is 5.27. The summed E-state index contributed by atoms with van der Waals surface area (Å²) >= 11 is 0. The molecule has 0 aliphatic carbocycles. The standard InChI is InChI=1S/C16H24N2O2/c1-2-13-20-16-5-3-15(4-6-16)14-18-9-7-17(8-10-18)11-12-19/h2-6,19H,1,7-14H2. The second-order valence-corrected chi connectivity index (χ2v) is 5.09. The van der Waals surface area contributed by atoms with Gasteiger partial charge in [-0.3, -0.25) is 9.80 Å². The summed E-state index contributed by atoms with van der Waals surface area (Å²) in [6.07, 6.45) is 1.75. The van der Waals surface area contributed by atoms with E-state index in [1.54, 1.807) is 6.08 Å². The van der Waals surface area contributed by atoms with Crippen molar-refractivity contribution in [2.45, 2.75) is 6.54 Å². The molecule has 20 heavy (non-hydrogen) atoms. The smallest absolute Gasteiger partial charge is 0.119 e. The first-order chi connectivity index (χ1) is 9.81. The number of hydrogen-bond donors (Lipinski definition) is 1. The van der Waals surface area contributed by atoms with Gasteiger partial charge in [-0.1, -0.05) is 24.8 Å². The van der Waals surface area contributed by atoms with Crippen LogP contribution in [0.2, 0.25) is 0 Å². The normalized spacial score (nSPS) is 17.1. The van der Waals surface area contributed by atoms with Crippen molar-refractivity contribution in [3.05, 3.63) is 42.5 Å². The maximum Gasteiger partial charge on any atom is 0.119 e. The van der Waals surface area contributed by atoms with Crippen molar-refractivity contribution < 1.29 is 9.84 Å². The van der Waals surface area contributed by atoms with Gasteiger partial charge in [0.1, 0.15) is 12.4 Å². The van der Waals surface area contributed by atoms with Gasteiger partial charge in [-0.2, -0.15) is 0 Å². The first-order valence-electron chi connectivity index (χ1n) is 7.20. The van der Waals surface area contributed by atoms with Gasteiger partial charge < -0.3 is 9.84 Å². The summed E-state index contributed by atoms with van der Waals surface area (Å²) in [6.45, 7) is 10.4. The number of nitrogens with zero attached hydrogens (tertiary/aromatic N) is 2. The zero-order valence-corrected chi connectivity index (χ0v) is 12.0. The third-order valence-corrected chi connectivity index (χ3v) is 3.58. The Balaban J connectivity index is 1.77. The molecule has 1 aliphatic rings. The number of ether oxygens (including phenoxy) is 1. The van der Waals surface area contributed by atoms with E-state index in [0.717, 1.165) is 45.0 Å². The van der Waals surface area contributed by atoms with Crippen molar-refractivity contribution >= 4 is 0 Å². The molecule has 4 nitrogen and oxygen atoms in total. The molecule has 1 aromatic rings. The zero-order chi connectivity index (χ0) is 14.2. The van der Waals surface area contributed by atoms with Gasteiger partial charge in [-0.05, 0) is 17.7 Å². The van der Waals surface area contributed by atoms with Gasteiger partial charge in [0, 0.05) is 39.3 Å². The van der Waals surface area contributed by atoms with Crippen LogP contribution in [0.15, 0.2) is 36.9 Å². The topological polar surface area (TPSA) is 35.9 Å². The summed E-state index contributed by atoms with van der Waals surface area (Å²) in [6, 6.07) is 8.28. The molecular formula is C16H24N2O2. The van der Waals surface area contributed by atoms with Crippen LogP contribution >= 0.6 is 0 Å². The maximum atomic E-state index is 8.93. The van der Waals surface area contributed by atoms with E-state index in [-0.39, 0.29) is 6.61 Å². The molecule has 1 aliphatic heterocycles. The van der Waals surface area contributed by atoms with Crippen molar-refractivity contribution in [2.24, 2.45) is 0 Å². The molecule has 2 rings (SSSR count). The average Bonchev–Trinajstić information content (AvgIpc) is 2.49. The van der Waals surface area contributed by atoms with E-state index >= 15 is 0 Å². The minimum absolute atomic E-state index is 0.256. The SMILES string of the molecule is C=CCOc1ccc(CN2CCN(CCO)CC2)cc1. The Morgan fingerprint density at radius 1 is 1.10 bits per heavy atom. The fraction of sp³-hybridized carbons (Fsp3) is 0.500. The molecule has 0 amide bonds. The van der Waals surface area contributed by atoms with Crippen molar-refractivity contribution in [2.75, 3.05) is 45.9 Å². The largest absolute Gasteiger partial charge is 0.490 e.